The van der Waals surface area contributed by atoms with Crippen molar-refractivity contribution in [3.8, 4) is 11.5 Å². The van der Waals surface area contributed by atoms with Gasteiger partial charge >= 0.3 is 6.09 Å². The van der Waals surface area contributed by atoms with E-state index in [1.165, 1.54) is 17.0 Å². The van der Waals surface area contributed by atoms with E-state index in [4.69, 9.17) is 9.26 Å². The molecule has 0 fully saturated rings. The molecule has 0 bridgehead atoms. The zero-order valence-electron chi connectivity index (χ0n) is 15.4. The van der Waals surface area contributed by atoms with Crippen molar-refractivity contribution >= 4 is 11.8 Å². The molecule has 2 rings (SSSR count). The Morgan fingerprint density at radius 1 is 1.35 bits per heavy atom. The van der Waals surface area contributed by atoms with Gasteiger partial charge in [0.25, 0.3) is 11.6 Å². The van der Waals surface area contributed by atoms with Crippen molar-refractivity contribution < 1.29 is 19.0 Å². The third-order valence-electron chi connectivity index (χ3n) is 3.61. The molecule has 1 unspecified atom stereocenters. The van der Waals surface area contributed by atoms with Gasteiger partial charge in [-0.3, -0.25) is 10.1 Å². The summed E-state index contributed by atoms with van der Waals surface area (Å²) in [5, 5.41) is 14.6. The summed E-state index contributed by atoms with van der Waals surface area (Å²) in [5.74, 6) is 0.697. The van der Waals surface area contributed by atoms with E-state index in [9.17, 15) is 14.9 Å². The molecule has 0 spiro atoms. The lowest BCUT2D eigenvalue weighted by atomic mass is 10.2. The molecule has 0 aliphatic rings. The van der Waals surface area contributed by atoms with Crippen molar-refractivity contribution in [1.29, 1.82) is 0 Å². The van der Waals surface area contributed by atoms with Crippen LogP contribution in [0.2, 0.25) is 0 Å². The van der Waals surface area contributed by atoms with Gasteiger partial charge in [0.05, 0.1) is 4.92 Å². The van der Waals surface area contributed by atoms with Gasteiger partial charge in [0, 0.05) is 37.2 Å². The Labute approximate surface area is 151 Å². The van der Waals surface area contributed by atoms with Gasteiger partial charge in [0.15, 0.2) is 5.82 Å². The highest BCUT2D eigenvalue weighted by molar-refractivity contribution is 5.68. The average molecular weight is 362 g/mol. The number of aromatic nitrogens is 2. The topological polar surface area (TPSA) is 112 Å². The molecule has 26 heavy (non-hydrogen) atoms. The van der Waals surface area contributed by atoms with Crippen molar-refractivity contribution in [2.45, 2.75) is 45.8 Å². The van der Waals surface area contributed by atoms with E-state index < -0.39 is 16.6 Å². The summed E-state index contributed by atoms with van der Waals surface area (Å²) in [6.07, 6.45) is -0.0456. The van der Waals surface area contributed by atoms with Gasteiger partial charge in [-0.25, -0.2) is 4.79 Å². The second-order valence-electron chi connectivity index (χ2n) is 6.96. The van der Waals surface area contributed by atoms with Gasteiger partial charge in [-0.15, -0.1) is 0 Å². The number of carbonyl (C=O) groups is 1. The minimum atomic E-state index is -0.569. The van der Waals surface area contributed by atoms with Gasteiger partial charge < -0.3 is 14.2 Å². The second kappa shape index (κ2) is 7.51. The third-order valence-corrected chi connectivity index (χ3v) is 3.61. The molecule has 0 N–H and O–H groups in total. The van der Waals surface area contributed by atoms with Crippen molar-refractivity contribution in [2.75, 3.05) is 7.05 Å². The Kier molecular flexibility index (Phi) is 5.59. The van der Waals surface area contributed by atoms with E-state index in [1.54, 1.807) is 40.0 Å². The zero-order chi connectivity index (χ0) is 19.5. The first-order chi connectivity index (χ1) is 12.1. The number of ether oxygens (including phenoxy) is 1. The van der Waals surface area contributed by atoms with Crippen LogP contribution in [0.25, 0.3) is 11.5 Å². The molecule has 140 valence electrons. The van der Waals surface area contributed by atoms with Gasteiger partial charge in [-0.1, -0.05) is 5.16 Å². The second-order valence-corrected chi connectivity index (χ2v) is 6.96. The molecular weight excluding hydrogens is 340 g/mol. The molecule has 1 atom stereocenters. The summed E-state index contributed by atoms with van der Waals surface area (Å²) >= 11 is 0. The van der Waals surface area contributed by atoms with Crippen LogP contribution >= 0.6 is 0 Å². The molecule has 1 aromatic heterocycles. The SMILES string of the molecule is CC(Cc1noc(-c2ccc([N+](=O)[O-])cc2)n1)N(C)C(=O)OC(C)(C)C. The van der Waals surface area contributed by atoms with Crippen LogP contribution in [0.5, 0.6) is 0 Å². The van der Waals surface area contributed by atoms with E-state index in [-0.39, 0.29) is 17.6 Å². The van der Waals surface area contributed by atoms with E-state index in [0.29, 0.717) is 17.8 Å². The summed E-state index contributed by atoms with van der Waals surface area (Å²) < 4.78 is 10.5. The molecule has 0 saturated carbocycles. The number of non-ortho nitro benzene ring substituents is 1. The fourth-order valence-electron chi connectivity index (χ4n) is 2.09. The van der Waals surface area contributed by atoms with Crippen LogP contribution in [0.15, 0.2) is 28.8 Å². The van der Waals surface area contributed by atoms with Gasteiger partial charge in [0.1, 0.15) is 5.60 Å². The lowest BCUT2D eigenvalue weighted by molar-refractivity contribution is -0.384. The molecule has 1 heterocycles. The number of nitro groups is 1. The fourth-order valence-corrected chi connectivity index (χ4v) is 2.09. The maximum atomic E-state index is 12.1. The minimum absolute atomic E-state index is 0.0129. The maximum Gasteiger partial charge on any atom is 0.410 e. The van der Waals surface area contributed by atoms with Crippen LogP contribution < -0.4 is 0 Å². The van der Waals surface area contributed by atoms with Gasteiger partial charge in [-0.05, 0) is 39.8 Å². The Bertz CT molecular complexity index is 779. The Hall–Kier alpha value is -2.97. The number of carbonyl (C=O) groups excluding carboxylic acids is 1. The molecule has 0 radical (unpaired) electrons. The summed E-state index contributed by atoms with van der Waals surface area (Å²) in [6.45, 7) is 7.27. The van der Waals surface area contributed by atoms with E-state index in [0.717, 1.165) is 0 Å². The van der Waals surface area contributed by atoms with Crippen molar-refractivity contribution in [3.63, 3.8) is 0 Å². The third kappa shape index (κ3) is 5.01. The first-order valence-electron chi connectivity index (χ1n) is 8.10. The Balaban J connectivity index is 2.03. The predicted octanol–water partition coefficient (Wildman–Crippen LogP) is 3.44. The smallest absolute Gasteiger partial charge is 0.410 e. The number of hydrogen-bond acceptors (Lipinski definition) is 7. The normalized spacial score (nSPS) is 12.5. The average Bonchev–Trinajstić information content (AvgIpc) is 3.01. The number of rotatable bonds is 5. The number of amides is 1. The van der Waals surface area contributed by atoms with Crippen LogP contribution in [0.3, 0.4) is 0 Å². The Morgan fingerprint density at radius 3 is 2.50 bits per heavy atom. The lowest BCUT2D eigenvalue weighted by Gasteiger charge is -2.28. The molecule has 0 saturated heterocycles. The quantitative estimate of drug-likeness (QED) is 0.591. The highest BCUT2D eigenvalue weighted by Crippen LogP contribution is 2.21. The summed E-state index contributed by atoms with van der Waals surface area (Å²) in [4.78, 5) is 28.1. The number of nitrogens with zero attached hydrogens (tertiary/aromatic N) is 4. The van der Waals surface area contributed by atoms with Crippen LogP contribution in [-0.2, 0) is 11.2 Å². The highest BCUT2D eigenvalue weighted by Gasteiger charge is 2.24. The highest BCUT2D eigenvalue weighted by atomic mass is 16.6. The standard InChI is InChI=1S/C17H22N4O5/c1-11(20(5)16(22)25-17(2,3)4)10-14-18-15(26-19-14)12-6-8-13(9-7-12)21(23)24/h6-9,11H,10H2,1-5H3. The molecule has 0 aliphatic carbocycles. The van der Waals surface area contributed by atoms with Gasteiger partial charge in [-0.2, -0.15) is 4.98 Å². The largest absolute Gasteiger partial charge is 0.444 e. The predicted molar refractivity (Wildman–Crippen MR) is 93.6 cm³/mol. The lowest BCUT2D eigenvalue weighted by Crippen LogP contribution is -2.40. The van der Waals surface area contributed by atoms with Crippen LogP contribution in [0.4, 0.5) is 10.5 Å². The first kappa shape index (κ1) is 19.4. The summed E-state index contributed by atoms with van der Waals surface area (Å²) in [7, 11) is 1.65. The maximum absolute atomic E-state index is 12.1. The first-order valence-corrected chi connectivity index (χ1v) is 8.10. The zero-order valence-corrected chi connectivity index (χ0v) is 15.4. The van der Waals surface area contributed by atoms with E-state index in [2.05, 4.69) is 10.1 Å². The molecular formula is C17H22N4O5. The number of likely N-dealkylation sites (N-methyl/N-ethyl adjacent to an activating group) is 1. The molecule has 9 heteroatoms. The van der Waals surface area contributed by atoms with E-state index >= 15 is 0 Å². The number of hydrogen-bond donors (Lipinski definition) is 0. The van der Waals surface area contributed by atoms with Gasteiger partial charge in [0.2, 0.25) is 0 Å². The molecule has 1 aromatic carbocycles. The van der Waals surface area contributed by atoms with E-state index in [1.807, 2.05) is 6.92 Å². The molecule has 1 amide bonds. The minimum Gasteiger partial charge on any atom is -0.444 e. The number of benzene rings is 1. The Morgan fingerprint density at radius 2 is 1.96 bits per heavy atom. The van der Waals surface area contributed by atoms with Crippen molar-refractivity contribution in [1.82, 2.24) is 15.0 Å². The molecule has 2 aromatic rings. The fraction of sp³-hybridized carbons (Fsp3) is 0.471. The molecule has 9 nitrogen and oxygen atoms in total. The summed E-state index contributed by atoms with van der Waals surface area (Å²) in [6, 6.07) is 5.64. The van der Waals surface area contributed by atoms with Crippen molar-refractivity contribution in [2.24, 2.45) is 0 Å². The summed E-state index contributed by atoms with van der Waals surface area (Å²) in [5.41, 5.74) is 0.00362. The van der Waals surface area contributed by atoms with Crippen molar-refractivity contribution in [3.05, 3.63) is 40.2 Å². The van der Waals surface area contributed by atoms with Crippen LogP contribution in [0, 0.1) is 10.1 Å². The molecule has 0 aliphatic heterocycles. The monoisotopic (exact) mass is 362 g/mol. The van der Waals surface area contributed by atoms with Crippen LogP contribution in [0.1, 0.15) is 33.5 Å². The number of nitro benzene ring substituents is 1. The van der Waals surface area contributed by atoms with Crippen LogP contribution in [-0.4, -0.2) is 44.7 Å².